The number of aryl methyl sites for hydroxylation is 1. The fourth-order valence-corrected chi connectivity index (χ4v) is 5.80. The van der Waals surface area contributed by atoms with Crippen molar-refractivity contribution in [2.75, 3.05) is 17.3 Å². The van der Waals surface area contributed by atoms with Crippen molar-refractivity contribution in [2.24, 2.45) is 0 Å². The lowest BCUT2D eigenvalue weighted by atomic mass is 9.98. The Bertz CT molecular complexity index is 2010. The largest absolute Gasteiger partial charge is 0.382 e. The number of hydrogen-bond acceptors (Lipinski definition) is 5. The molecule has 0 aliphatic carbocycles. The second kappa shape index (κ2) is 10.5. The van der Waals surface area contributed by atoms with Crippen LogP contribution in [0.25, 0.3) is 55.4 Å². The number of aromatic amines is 2. The summed E-state index contributed by atoms with van der Waals surface area (Å²) < 4.78 is 38.0. The number of nitrogens with one attached hydrogen (secondary N) is 3. The van der Waals surface area contributed by atoms with Gasteiger partial charge in [-0.2, -0.15) is 5.10 Å². The van der Waals surface area contributed by atoms with Crippen LogP contribution in [0.5, 0.6) is 0 Å². The summed E-state index contributed by atoms with van der Waals surface area (Å²) in [4.78, 5) is 7.90. The van der Waals surface area contributed by atoms with E-state index in [9.17, 15) is 12.8 Å². The number of hydrogen-bond donors (Lipinski definition) is 3. The van der Waals surface area contributed by atoms with Gasteiger partial charge in [0.2, 0.25) is 0 Å². The standard InChI is InChI=1S/C32H30FN5O2S/c1-19(2)35-25-14-23(17-34-18-25)21-7-8-30-28(15-21)32(38-37-30)31-16-27-26(5-4-6-29(27)36-31)22-11-20(12-24(33)13-22)9-10-41(3,39)40/h4-8,11-19,35-36H,9-10H2,1-3H3,(H,37,38). The van der Waals surface area contributed by atoms with Gasteiger partial charge in [-0.05, 0) is 85.0 Å². The third-order valence-electron chi connectivity index (χ3n) is 7.04. The molecule has 0 spiro atoms. The van der Waals surface area contributed by atoms with Crippen LogP contribution < -0.4 is 5.32 Å². The van der Waals surface area contributed by atoms with E-state index in [2.05, 4.69) is 57.5 Å². The summed E-state index contributed by atoms with van der Waals surface area (Å²) in [5.74, 6) is -0.427. The Morgan fingerprint density at radius 2 is 1.76 bits per heavy atom. The number of anilines is 1. The molecule has 3 aromatic heterocycles. The van der Waals surface area contributed by atoms with Crippen LogP contribution in [0.1, 0.15) is 19.4 Å². The first-order valence-corrected chi connectivity index (χ1v) is 15.5. The van der Waals surface area contributed by atoms with Crippen LogP contribution >= 0.6 is 0 Å². The predicted molar refractivity (Wildman–Crippen MR) is 164 cm³/mol. The molecule has 0 saturated heterocycles. The highest BCUT2D eigenvalue weighted by Gasteiger charge is 2.16. The molecule has 0 radical (unpaired) electrons. The van der Waals surface area contributed by atoms with E-state index in [0.29, 0.717) is 17.2 Å². The average Bonchev–Trinajstić information content (AvgIpc) is 3.54. The summed E-state index contributed by atoms with van der Waals surface area (Å²) in [7, 11) is -3.16. The van der Waals surface area contributed by atoms with Gasteiger partial charge >= 0.3 is 0 Å². The molecule has 0 fully saturated rings. The molecule has 6 rings (SSSR count). The van der Waals surface area contributed by atoms with Crippen LogP contribution in [0.3, 0.4) is 0 Å². The van der Waals surface area contributed by atoms with Gasteiger partial charge in [-0.1, -0.05) is 24.3 Å². The van der Waals surface area contributed by atoms with Gasteiger partial charge in [0.15, 0.2) is 0 Å². The highest BCUT2D eigenvalue weighted by atomic mass is 32.2. The lowest BCUT2D eigenvalue weighted by molar-refractivity contribution is 0.600. The molecule has 6 aromatic rings. The molecule has 0 unspecified atom stereocenters. The zero-order chi connectivity index (χ0) is 28.7. The molecule has 7 nitrogen and oxygen atoms in total. The minimum absolute atomic E-state index is 0.0305. The van der Waals surface area contributed by atoms with Gasteiger partial charge in [0.05, 0.1) is 22.7 Å². The van der Waals surface area contributed by atoms with Gasteiger partial charge in [0.1, 0.15) is 21.3 Å². The van der Waals surface area contributed by atoms with Gasteiger partial charge in [-0.3, -0.25) is 10.1 Å². The number of sulfone groups is 1. The van der Waals surface area contributed by atoms with Crippen molar-refractivity contribution in [1.82, 2.24) is 20.2 Å². The van der Waals surface area contributed by atoms with Crippen molar-refractivity contribution in [3.8, 4) is 33.6 Å². The molecule has 41 heavy (non-hydrogen) atoms. The van der Waals surface area contributed by atoms with Crippen LogP contribution in [-0.4, -0.2) is 46.6 Å². The molecule has 0 amide bonds. The SMILES string of the molecule is CC(C)Nc1cncc(-c2ccc3[nH]nc(-c4cc5c(-c6cc(F)cc(CCS(C)(=O)=O)c6)cccc5[nH]4)c3c2)c1. The van der Waals surface area contributed by atoms with E-state index in [1.165, 1.54) is 18.4 Å². The first-order chi connectivity index (χ1) is 19.6. The maximum atomic E-state index is 14.6. The number of benzene rings is 3. The second-order valence-electron chi connectivity index (χ2n) is 10.8. The highest BCUT2D eigenvalue weighted by molar-refractivity contribution is 7.90. The molecular formula is C32H30FN5O2S. The van der Waals surface area contributed by atoms with Crippen LogP contribution in [-0.2, 0) is 16.3 Å². The predicted octanol–water partition coefficient (Wildman–Crippen LogP) is 6.99. The summed E-state index contributed by atoms with van der Waals surface area (Å²) in [6, 6.07) is 21.2. The molecule has 0 bridgehead atoms. The van der Waals surface area contributed by atoms with E-state index in [0.717, 1.165) is 55.6 Å². The maximum Gasteiger partial charge on any atom is 0.147 e. The number of aromatic nitrogens is 4. The Balaban J connectivity index is 1.40. The average molecular weight is 568 g/mol. The summed E-state index contributed by atoms with van der Waals surface area (Å²) in [5.41, 5.74) is 8.60. The number of rotatable bonds is 8. The van der Waals surface area contributed by atoms with Crippen molar-refractivity contribution >= 4 is 37.3 Å². The van der Waals surface area contributed by atoms with Crippen molar-refractivity contribution in [2.45, 2.75) is 26.3 Å². The fourth-order valence-electron chi connectivity index (χ4n) is 5.20. The molecule has 3 aromatic carbocycles. The number of pyridine rings is 1. The molecule has 3 heterocycles. The van der Waals surface area contributed by atoms with E-state index in [4.69, 9.17) is 0 Å². The highest BCUT2D eigenvalue weighted by Crippen LogP contribution is 2.36. The second-order valence-corrected chi connectivity index (χ2v) is 13.0. The van der Waals surface area contributed by atoms with Gasteiger partial charge in [-0.25, -0.2) is 12.8 Å². The van der Waals surface area contributed by atoms with Crippen LogP contribution in [0.4, 0.5) is 10.1 Å². The summed E-state index contributed by atoms with van der Waals surface area (Å²) in [6.07, 6.45) is 5.12. The monoisotopic (exact) mass is 567 g/mol. The third kappa shape index (κ3) is 5.71. The summed E-state index contributed by atoms with van der Waals surface area (Å²) >= 11 is 0. The first-order valence-electron chi connectivity index (χ1n) is 13.4. The van der Waals surface area contributed by atoms with Gasteiger partial charge in [-0.15, -0.1) is 0 Å². The molecule has 0 aliphatic rings. The lowest BCUT2D eigenvalue weighted by Crippen LogP contribution is -2.09. The number of H-pyrrole nitrogens is 2. The van der Waals surface area contributed by atoms with Crippen molar-refractivity contribution < 1.29 is 12.8 Å². The number of nitrogens with zero attached hydrogens (tertiary/aromatic N) is 2. The van der Waals surface area contributed by atoms with Gasteiger partial charge in [0.25, 0.3) is 0 Å². The minimum atomic E-state index is -3.16. The molecule has 208 valence electrons. The van der Waals surface area contributed by atoms with Gasteiger partial charge < -0.3 is 10.3 Å². The van der Waals surface area contributed by atoms with Crippen molar-refractivity contribution in [3.05, 3.63) is 90.5 Å². The van der Waals surface area contributed by atoms with E-state index < -0.39 is 15.7 Å². The summed E-state index contributed by atoms with van der Waals surface area (Å²) in [6.45, 7) is 4.18. The zero-order valence-corrected chi connectivity index (χ0v) is 23.8. The van der Waals surface area contributed by atoms with Crippen molar-refractivity contribution in [3.63, 3.8) is 0 Å². The first kappa shape index (κ1) is 26.7. The topological polar surface area (TPSA) is 104 Å². The molecule has 3 N–H and O–H groups in total. The van der Waals surface area contributed by atoms with E-state index in [1.54, 1.807) is 0 Å². The Morgan fingerprint density at radius 3 is 2.56 bits per heavy atom. The van der Waals surface area contributed by atoms with Crippen molar-refractivity contribution in [1.29, 1.82) is 0 Å². The number of halogens is 1. The molecule has 0 aliphatic heterocycles. The maximum absolute atomic E-state index is 14.6. The molecule has 0 saturated carbocycles. The normalized spacial score (nSPS) is 12.0. The van der Waals surface area contributed by atoms with Crippen LogP contribution in [0.2, 0.25) is 0 Å². The molecular weight excluding hydrogens is 537 g/mol. The Morgan fingerprint density at radius 1 is 0.902 bits per heavy atom. The van der Waals surface area contributed by atoms with Gasteiger partial charge in [0, 0.05) is 46.5 Å². The number of fused-ring (bicyclic) bond motifs is 2. The smallest absolute Gasteiger partial charge is 0.147 e. The fraction of sp³-hybridized carbons (Fsp3) is 0.188. The minimum Gasteiger partial charge on any atom is -0.382 e. The van der Waals surface area contributed by atoms with E-state index in [1.807, 2.05) is 48.8 Å². The lowest BCUT2D eigenvalue weighted by Gasteiger charge is -2.11. The van der Waals surface area contributed by atoms with E-state index in [-0.39, 0.29) is 12.2 Å². The van der Waals surface area contributed by atoms with Crippen LogP contribution in [0, 0.1) is 5.82 Å². The van der Waals surface area contributed by atoms with Crippen LogP contribution in [0.15, 0.2) is 79.1 Å². The Labute approximate surface area is 237 Å². The third-order valence-corrected chi connectivity index (χ3v) is 7.98. The quantitative estimate of drug-likeness (QED) is 0.184. The van der Waals surface area contributed by atoms with E-state index >= 15 is 0 Å². The Kier molecular flexibility index (Phi) is 6.83. The molecule has 9 heteroatoms. The zero-order valence-electron chi connectivity index (χ0n) is 23.0. The Hall–Kier alpha value is -4.50. The molecule has 0 atom stereocenters. The summed E-state index contributed by atoms with van der Waals surface area (Å²) in [5, 5.41) is 13.1.